The zero-order valence-electron chi connectivity index (χ0n) is 13.8. The molecule has 2 atom stereocenters. The topological polar surface area (TPSA) is 92.6 Å². The van der Waals surface area contributed by atoms with Gasteiger partial charge in [-0.2, -0.15) is 15.5 Å². The molecule has 1 aliphatic rings. The van der Waals surface area contributed by atoms with Crippen LogP contribution in [0, 0.1) is 35.1 Å². The normalized spacial score (nSPS) is 21.5. The Kier molecular flexibility index (Phi) is 4.79. The number of terminal acetylenes is 1. The van der Waals surface area contributed by atoms with Gasteiger partial charge in [-0.3, -0.25) is 0 Å². The predicted octanol–water partition coefficient (Wildman–Crippen LogP) is 1.97. The van der Waals surface area contributed by atoms with Crippen molar-refractivity contribution in [1.29, 1.82) is 10.5 Å². The van der Waals surface area contributed by atoms with Gasteiger partial charge in [0.25, 0.3) is 0 Å². The molecule has 1 aromatic rings. The number of fused-ring (bicyclic) bond motifs is 1. The van der Waals surface area contributed by atoms with Gasteiger partial charge >= 0.3 is 0 Å². The Balaban J connectivity index is 2.66. The van der Waals surface area contributed by atoms with Crippen LogP contribution in [0.25, 0.3) is 0 Å². The van der Waals surface area contributed by atoms with Crippen LogP contribution in [0.3, 0.4) is 0 Å². The first-order valence-electron chi connectivity index (χ1n) is 7.40. The molecule has 1 heterocycles. The molecule has 0 radical (unpaired) electrons. The Morgan fingerprint density at radius 3 is 2.75 bits per heavy atom. The summed E-state index contributed by atoms with van der Waals surface area (Å²) in [6.45, 7) is 5.36. The number of ether oxygens (including phenoxy) is 1. The van der Waals surface area contributed by atoms with Crippen LogP contribution in [-0.4, -0.2) is 34.1 Å². The van der Waals surface area contributed by atoms with Crippen LogP contribution in [-0.2, 0) is 0 Å². The molecule has 1 N–H and O–H groups in total. The first kappa shape index (κ1) is 17.3. The van der Waals surface area contributed by atoms with E-state index in [0.29, 0.717) is 22.7 Å². The van der Waals surface area contributed by atoms with Crippen LogP contribution < -0.4 is 4.74 Å². The minimum Gasteiger partial charge on any atom is -0.485 e. The summed E-state index contributed by atoms with van der Waals surface area (Å²) in [6.07, 6.45) is 6.27. The third-order valence-corrected chi connectivity index (χ3v) is 4.07. The van der Waals surface area contributed by atoms with E-state index >= 15 is 0 Å². The molecule has 6 nitrogen and oxygen atoms in total. The number of benzene rings is 1. The van der Waals surface area contributed by atoms with E-state index in [9.17, 15) is 5.11 Å². The van der Waals surface area contributed by atoms with Crippen LogP contribution in [0.5, 0.6) is 5.75 Å². The molecule has 0 saturated heterocycles. The summed E-state index contributed by atoms with van der Waals surface area (Å²) in [7, 11) is 0. The average molecular weight is 322 g/mol. The maximum absolute atomic E-state index is 10.9. The molecular formula is C18H18N4O2. The number of nitrogens with zero attached hydrogens (tertiary/aromatic N) is 4. The minimum atomic E-state index is -0.934. The predicted molar refractivity (Wildman–Crippen MR) is 88.9 cm³/mol. The number of aliphatic imine (C=N–C) groups is 1. The Morgan fingerprint density at radius 1 is 1.46 bits per heavy atom. The molecule has 0 aliphatic carbocycles. The average Bonchev–Trinajstić information content (AvgIpc) is 2.54. The third-order valence-electron chi connectivity index (χ3n) is 4.07. The Hall–Kier alpha value is -3.01. The monoisotopic (exact) mass is 322 g/mol. The number of aliphatic hydroxyl groups is 1. The second-order valence-electron chi connectivity index (χ2n) is 6.05. The fraction of sp³-hybridized carbons (Fsp3) is 0.389. The maximum atomic E-state index is 10.9. The van der Waals surface area contributed by atoms with Crippen LogP contribution in [0.2, 0.25) is 0 Å². The zero-order chi connectivity index (χ0) is 17.9. The van der Waals surface area contributed by atoms with Crippen LogP contribution in [0.1, 0.15) is 37.9 Å². The van der Waals surface area contributed by atoms with Gasteiger partial charge in [0.1, 0.15) is 23.3 Å². The van der Waals surface area contributed by atoms with Gasteiger partial charge in [-0.25, -0.2) is 0 Å². The number of nitriles is 2. The zero-order valence-corrected chi connectivity index (χ0v) is 13.8. The first-order chi connectivity index (χ1) is 11.4. The van der Waals surface area contributed by atoms with Gasteiger partial charge in [-0.15, -0.1) is 6.42 Å². The molecule has 0 unspecified atom stereocenters. The van der Waals surface area contributed by atoms with Gasteiger partial charge in [0, 0.05) is 5.56 Å². The number of hydrogen-bond donors (Lipinski definition) is 1. The fourth-order valence-corrected chi connectivity index (χ4v) is 2.82. The van der Waals surface area contributed by atoms with E-state index in [-0.39, 0.29) is 6.54 Å². The number of aliphatic hydroxyl groups excluding tert-OH is 1. The Labute approximate surface area is 141 Å². The fourth-order valence-electron chi connectivity index (χ4n) is 2.82. The largest absolute Gasteiger partial charge is 0.485 e. The second-order valence-corrected chi connectivity index (χ2v) is 6.05. The van der Waals surface area contributed by atoms with E-state index in [0.717, 1.165) is 0 Å². The highest BCUT2D eigenvalue weighted by Crippen LogP contribution is 2.43. The number of rotatable bonds is 2. The van der Waals surface area contributed by atoms with E-state index in [4.69, 9.17) is 21.7 Å². The summed E-state index contributed by atoms with van der Waals surface area (Å²) in [5, 5.41) is 28.9. The van der Waals surface area contributed by atoms with Crippen molar-refractivity contribution in [2.24, 2.45) is 4.99 Å². The van der Waals surface area contributed by atoms with Crippen LogP contribution in [0.4, 0.5) is 0 Å². The van der Waals surface area contributed by atoms with Gasteiger partial charge in [0.15, 0.2) is 0 Å². The van der Waals surface area contributed by atoms with Gasteiger partial charge in [-0.05, 0) is 39.0 Å². The van der Waals surface area contributed by atoms with Gasteiger partial charge in [0.05, 0.1) is 24.2 Å². The second kappa shape index (κ2) is 6.62. The highest BCUT2D eigenvalue weighted by atomic mass is 16.5. The van der Waals surface area contributed by atoms with Crippen molar-refractivity contribution >= 4 is 5.84 Å². The lowest BCUT2D eigenvalue weighted by Gasteiger charge is -2.46. The van der Waals surface area contributed by atoms with Crippen molar-refractivity contribution in [3.63, 3.8) is 0 Å². The lowest BCUT2D eigenvalue weighted by molar-refractivity contribution is -0.0801. The molecule has 0 amide bonds. The molecule has 122 valence electrons. The SMILES string of the molecule is C#CCN(C(C)=NC#N)[C@@H]1c2cc(C#N)ccc2OC(C)(C)[C@H]1O. The third kappa shape index (κ3) is 3.04. The molecule has 0 aromatic heterocycles. The minimum absolute atomic E-state index is 0.158. The van der Waals surface area contributed by atoms with Crippen molar-refractivity contribution < 1.29 is 9.84 Å². The van der Waals surface area contributed by atoms with E-state index in [2.05, 4.69) is 17.0 Å². The smallest absolute Gasteiger partial charge is 0.207 e. The highest BCUT2D eigenvalue weighted by Gasteiger charge is 2.45. The molecule has 0 saturated carbocycles. The molecule has 1 aliphatic heterocycles. The molecule has 6 heteroatoms. The van der Waals surface area contributed by atoms with Gasteiger partial charge in [-0.1, -0.05) is 5.92 Å². The molecule has 24 heavy (non-hydrogen) atoms. The van der Waals surface area contributed by atoms with E-state index in [1.54, 1.807) is 50.1 Å². The lowest BCUT2D eigenvalue weighted by Crippen LogP contribution is -2.54. The summed E-state index contributed by atoms with van der Waals surface area (Å²) < 4.78 is 5.89. The van der Waals surface area contributed by atoms with E-state index in [1.165, 1.54) is 0 Å². The van der Waals surface area contributed by atoms with Gasteiger partial charge in [0.2, 0.25) is 6.19 Å². The van der Waals surface area contributed by atoms with Crippen LogP contribution in [0.15, 0.2) is 23.2 Å². The maximum Gasteiger partial charge on any atom is 0.207 e. The van der Waals surface area contributed by atoms with E-state index in [1.807, 2.05) is 0 Å². The summed E-state index contributed by atoms with van der Waals surface area (Å²) >= 11 is 0. The van der Waals surface area contributed by atoms with E-state index < -0.39 is 17.7 Å². The Bertz CT molecular complexity index is 793. The Morgan fingerprint density at radius 2 is 2.17 bits per heavy atom. The molecule has 0 bridgehead atoms. The van der Waals surface area contributed by atoms with Crippen molar-refractivity contribution in [3.8, 4) is 30.4 Å². The van der Waals surface area contributed by atoms with Crippen molar-refractivity contribution in [2.75, 3.05) is 6.54 Å². The van der Waals surface area contributed by atoms with Crippen molar-refractivity contribution in [1.82, 2.24) is 4.90 Å². The summed E-state index contributed by atoms with van der Waals surface area (Å²) in [5.74, 6) is 3.49. The van der Waals surface area contributed by atoms with Crippen molar-refractivity contribution in [3.05, 3.63) is 29.3 Å². The first-order valence-corrected chi connectivity index (χ1v) is 7.40. The molecule has 1 aromatic carbocycles. The summed E-state index contributed by atoms with van der Waals surface area (Å²) in [5.41, 5.74) is 0.222. The number of amidine groups is 1. The summed E-state index contributed by atoms with van der Waals surface area (Å²) in [4.78, 5) is 5.43. The molecule has 2 rings (SSSR count). The highest BCUT2D eigenvalue weighted by molar-refractivity contribution is 5.81. The van der Waals surface area contributed by atoms with Crippen LogP contribution >= 0.6 is 0 Å². The lowest BCUT2D eigenvalue weighted by atomic mass is 9.85. The molecule has 0 fully saturated rings. The molecular weight excluding hydrogens is 304 g/mol. The molecule has 0 spiro atoms. The quantitative estimate of drug-likeness (QED) is 0.389. The standard InChI is InChI=1S/C18H18N4O2/c1-5-8-22(12(2)21-11-20)16-14-9-13(10-19)6-7-15(14)24-18(3,4)17(16)23/h1,6-7,9,16-17,23H,8H2,2-4H3/t16-,17+/m1/s1. The van der Waals surface area contributed by atoms with Gasteiger partial charge < -0.3 is 14.7 Å². The van der Waals surface area contributed by atoms with Crippen molar-refractivity contribution in [2.45, 2.75) is 38.5 Å². The number of hydrogen-bond acceptors (Lipinski definition) is 5. The summed E-state index contributed by atoms with van der Waals surface area (Å²) in [6, 6.07) is 6.54.